The second-order valence-electron chi connectivity index (χ2n) is 4.49. The van der Waals surface area contributed by atoms with Crippen LogP contribution in [-0.2, 0) is 6.42 Å². The molecule has 0 amide bonds. The fourth-order valence-electron chi connectivity index (χ4n) is 1.88. The summed E-state index contributed by atoms with van der Waals surface area (Å²) >= 11 is 0. The lowest BCUT2D eigenvalue weighted by molar-refractivity contribution is 0.305. The Kier molecular flexibility index (Phi) is 2.50. The zero-order valence-electron chi connectivity index (χ0n) is 9.38. The number of nitrogen functional groups attached to an aromatic ring is 1. The number of nitrogens with zero attached hydrogens (tertiary/aromatic N) is 2. The summed E-state index contributed by atoms with van der Waals surface area (Å²) in [5.41, 5.74) is 5.94. The third kappa shape index (κ3) is 2.19. The normalized spacial score (nSPS) is 18.3. The van der Waals surface area contributed by atoms with Crippen LogP contribution in [0.4, 0.5) is 11.6 Å². The molecule has 1 fully saturated rings. The van der Waals surface area contributed by atoms with Gasteiger partial charge >= 0.3 is 0 Å². The minimum atomic E-state index is 0.214. The van der Waals surface area contributed by atoms with Crippen LogP contribution >= 0.6 is 0 Å². The molecular weight excluding hydrogens is 188 g/mol. The highest BCUT2D eigenvalue weighted by Crippen LogP contribution is 2.34. The van der Waals surface area contributed by atoms with Crippen molar-refractivity contribution in [3.63, 3.8) is 0 Å². The van der Waals surface area contributed by atoms with E-state index in [2.05, 4.69) is 22.2 Å². The Morgan fingerprint density at radius 3 is 2.73 bits per heavy atom. The number of nitrogens with two attached hydrogens (primary N) is 1. The van der Waals surface area contributed by atoms with Crippen LogP contribution < -0.4 is 11.1 Å². The molecule has 0 unspecified atom stereocenters. The standard InChI is InChI=1S/C11H18N4/c1-3-9-13-8(12)7-10(14-9)15-11(2)5-4-6-11/h7H,3-6H2,1-2H3,(H3,12,13,14,15). The molecule has 2 rings (SSSR count). The number of aromatic nitrogens is 2. The lowest BCUT2D eigenvalue weighted by Gasteiger charge is -2.39. The molecule has 0 radical (unpaired) electrons. The van der Waals surface area contributed by atoms with E-state index in [1.165, 1.54) is 19.3 Å². The molecule has 0 saturated heterocycles. The Morgan fingerprint density at radius 2 is 2.20 bits per heavy atom. The molecule has 3 N–H and O–H groups in total. The summed E-state index contributed by atoms with van der Waals surface area (Å²) in [5.74, 6) is 2.22. The van der Waals surface area contributed by atoms with Crippen LogP contribution in [0.3, 0.4) is 0 Å². The molecule has 15 heavy (non-hydrogen) atoms. The van der Waals surface area contributed by atoms with Gasteiger partial charge in [-0.15, -0.1) is 0 Å². The van der Waals surface area contributed by atoms with Crippen LogP contribution in [0.2, 0.25) is 0 Å². The molecule has 0 atom stereocenters. The van der Waals surface area contributed by atoms with E-state index in [-0.39, 0.29) is 5.54 Å². The van der Waals surface area contributed by atoms with Crippen LogP contribution in [0.25, 0.3) is 0 Å². The van der Waals surface area contributed by atoms with Crippen molar-refractivity contribution < 1.29 is 0 Å². The number of hydrogen-bond acceptors (Lipinski definition) is 4. The average molecular weight is 206 g/mol. The zero-order chi connectivity index (χ0) is 10.9. The highest BCUT2D eigenvalue weighted by Gasteiger charge is 2.31. The third-order valence-corrected chi connectivity index (χ3v) is 3.00. The van der Waals surface area contributed by atoms with Crippen molar-refractivity contribution in [3.8, 4) is 0 Å². The Labute approximate surface area is 90.3 Å². The zero-order valence-corrected chi connectivity index (χ0v) is 9.38. The van der Waals surface area contributed by atoms with E-state index in [0.717, 1.165) is 18.1 Å². The second kappa shape index (κ2) is 3.68. The average Bonchev–Trinajstić information content (AvgIpc) is 2.14. The van der Waals surface area contributed by atoms with E-state index in [1.54, 1.807) is 0 Å². The van der Waals surface area contributed by atoms with Gasteiger partial charge < -0.3 is 11.1 Å². The Balaban J connectivity index is 2.16. The smallest absolute Gasteiger partial charge is 0.132 e. The number of aryl methyl sites for hydroxylation is 1. The van der Waals surface area contributed by atoms with Crippen LogP contribution in [0.5, 0.6) is 0 Å². The van der Waals surface area contributed by atoms with E-state index in [1.807, 2.05) is 13.0 Å². The summed E-state index contributed by atoms with van der Waals surface area (Å²) in [5, 5.41) is 3.44. The molecule has 1 saturated carbocycles. The second-order valence-corrected chi connectivity index (χ2v) is 4.49. The van der Waals surface area contributed by atoms with Gasteiger partial charge in [0.2, 0.25) is 0 Å². The van der Waals surface area contributed by atoms with Crippen LogP contribution in [0, 0.1) is 0 Å². The Bertz CT molecular complexity index is 358. The first kappa shape index (κ1) is 10.2. The van der Waals surface area contributed by atoms with Crippen molar-refractivity contribution in [2.24, 2.45) is 0 Å². The first-order valence-electron chi connectivity index (χ1n) is 5.53. The van der Waals surface area contributed by atoms with E-state index >= 15 is 0 Å². The van der Waals surface area contributed by atoms with Gasteiger partial charge in [-0.3, -0.25) is 0 Å². The van der Waals surface area contributed by atoms with E-state index < -0.39 is 0 Å². The van der Waals surface area contributed by atoms with Gasteiger partial charge in [0.1, 0.15) is 17.5 Å². The minimum absolute atomic E-state index is 0.214. The predicted octanol–water partition coefficient (Wildman–Crippen LogP) is 1.98. The molecular formula is C11H18N4. The third-order valence-electron chi connectivity index (χ3n) is 3.00. The SMILES string of the molecule is CCc1nc(N)cc(NC2(C)CCC2)n1. The summed E-state index contributed by atoms with van der Waals surface area (Å²) in [4.78, 5) is 8.57. The fourth-order valence-corrected chi connectivity index (χ4v) is 1.88. The topological polar surface area (TPSA) is 63.8 Å². The fraction of sp³-hybridized carbons (Fsp3) is 0.636. The molecule has 1 aromatic heterocycles. The van der Waals surface area contributed by atoms with Crippen LogP contribution in [-0.4, -0.2) is 15.5 Å². The van der Waals surface area contributed by atoms with Gasteiger partial charge in [-0.05, 0) is 26.2 Å². The maximum absolute atomic E-state index is 5.72. The summed E-state index contributed by atoms with van der Waals surface area (Å²) < 4.78 is 0. The predicted molar refractivity (Wildman–Crippen MR) is 61.7 cm³/mol. The number of nitrogens with one attached hydrogen (secondary N) is 1. The van der Waals surface area contributed by atoms with Crippen molar-refractivity contribution in [1.82, 2.24) is 9.97 Å². The van der Waals surface area contributed by atoms with E-state index in [0.29, 0.717) is 5.82 Å². The van der Waals surface area contributed by atoms with Crippen LogP contribution in [0.15, 0.2) is 6.07 Å². The molecule has 0 aromatic carbocycles. The monoisotopic (exact) mass is 206 g/mol. The summed E-state index contributed by atoms with van der Waals surface area (Å²) in [6.45, 7) is 4.25. The molecule has 1 aromatic rings. The molecule has 1 aliphatic rings. The van der Waals surface area contributed by atoms with Crippen molar-refractivity contribution in [3.05, 3.63) is 11.9 Å². The van der Waals surface area contributed by atoms with E-state index in [9.17, 15) is 0 Å². The van der Waals surface area contributed by atoms with Gasteiger partial charge in [0.25, 0.3) is 0 Å². The van der Waals surface area contributed by atoms with Gasteiger partial charge in [-0.2, -0.15) is 0 Å². The molecule has 0 spiro atoms. The Morgan fingerprint density at radius 1 is 1.47 bits per heavy atom. The molecule has 0 aliphatic heterocycles. The minimum Gasteiger partial charge on any atom is -0.384 e. The van der Waals surface area contributed by atoms with Crippen molar-refractivity contribution in [1.29, 1.82) is 0 Å². The molecule has 4 nitrogen and oxygen atoms in total. The summed E-state index contributed by atoms with van der Waals surface area (Å²) in [6.07, 6.45) is 4.53. The quantitative estimate of drug-likeness (QED) is 0.793. The Hall–Kier alpha value is -1.32. The van der Waals surface area contributed by atoms with Gasteiger partial charge in [0.05, 0.1) is 0 Å². The molecule has 4 heteroatoms. The van der Waals surface area contributed by atoms with Crippen LogP contribution in [0.1, 0.15) is 38.9 Å². The largest absolute Gasteiger partial charge is 0.384 e. The molecule has 1 heterocycles. The van der Waals surface area contributed by atoms with Crippen molar-refractivity contribution in [2.75, 3.05) is 11.1 Å². The molecule has 1 aliphatic carbocycles. The first-order chi connectivity index (χ1) is 7.11. The number of hydrogen-bond donors (Lipinski definition) is 2. The number of anilines is 2. The lowest BCUT2D eigenvalue weighted by atomic mass is 9.78. The summed E-state index contributed by atoms with van der Waals surface area (Å²) in [6, 6.07) is 1.81. The van der Waals surface area contributed by atoms with Gasteiger partial charge in [-0.1, -0.05) is 6.92 Å². The highest BCUT2D eigenvalue weighted by molar-refractivity contribution is 5.46. The van der Waals surface area contributed by atoms with Crippen molar-refractivity contribution in [2.45, 2.75) is 45.1 Å². The van der Waals surface area contributed by atoms with E-state index in [4.69, 9.17) is 5.73 Å². The van der Waals surface area contributed by atoms with Gasteiger partial charge in [-0.25, -0.2) is 9.97 Å². The maximum Gasteiger partial charge on any atom is 0.132 e. The first-order valence-corrected chi connectivity index (χ1v) is 5.53. The number of rotatable bonds is 3. The lowest BCUT2D eigenvalue weighted by Crippen LogP contribution is -2.42. The molecule has 0 bridgehead atoms. The maximum atomic E-state index is 5.72. The summed E-state index contributed by atoms with van der Waals surface area (Å²) in [7, 11) is 0. The highest BCUT2D eigenvalue weighted by atomic mass is 15.1. The molecule has 82 valence electrons. The van der Waals surface area contributed by atoms with Gasteiger partial charge in [0.15, 0.2) is 0 Å². The van der Waals surface area contributed by atoms with Gasteiger partial charge in [0, 0.05) is 18.0 Å². The van der Waals surface area contributed by atoms with Crippen molar-refractivity contribution >= 4 is 11.6 Å².